The molecule has 2 aromatic rings. The molecule has 9 nitrogen and oxygen atoms in total. The maximum absolute atomic E-state index is 13.0. The van der Waals surface area contributed by atoms with Crippen molar-refractivity contribution in [1.29, 1.82) is 0 Å². The Bertz CT molecular complexity index is 1030. The lowest BCUT2D eigenvalue weighted by Crippen LogP contribution is -2.71. The molecule has 1 fully saturated rings. The standard InChI is InChI=1S/C26H29NO8/c1-17(21-12-8-5-9-13-21)27-24(25(26(27)31)35-19(3)29)22(15-34-23(30)16-32-18(2)28)33-14-20-10-6-4-7-11-20/h4-13,17,22,24-25H,14-16H2,1-3H3/t17-,22-,24+,25-/m0/s1. The Morgan fingerprint density at radius 2 is 1.54 bits per heavy atom. The molecule has 0 aromatic heterocycles. The summed E-state index contributed by atoms with van der Waals surface area (Å²) in [5.41, 5.74) is 1.77. The molecule has 1 saturated heterocycles. The zero-order valence-corrected chi connectivity index (χ0v) is 19.9. The van der Waals surface area contributed by atoms with Gasteiger partial charge in [0.25, 0.3) is 5.91 Å². The molecular formula is C26H29NO8. The van der Waals surface area contributed by atoms with Crippen LogP contribution in [0.5, 0.6) is 0 Å². The van der Waals surface area contributed by atoms with Gasteiger partial charge < -0.3 is 23.8 Å². The lowest BCUT2D eigenvalue weighted by molar-refractivity contribution is -0.204. The van der Waals surface area contributed by atoms with Crippen LogP contribution >= 0.6 is 0 Å². The maximum atomic E-state index is 13.0. The molecule has 2 aromatic carbocycles. The van der Waals surface area contributed by atoms with Crippen molar-refractivity contribution in [1.82, 2.24) is 4.90 Å². The molecule has 0 saturated carbocycles. The number of nitrogens with zero attached hydrogens (tertiary/aromatic N) is 1. The summed E-state index contributed by atoms with van der Waals surface area (Å²) in [4.78, 5) is 49.5. The molecule has 1 aliphatic heterocycles. The largest absolute Gasteiger partial charge is 0.460 e. The van der Waals surface area contributed by atoms with E-state index in [1.165, 1.54) is 13.8 Å². The fourth-order valence-electron chi connectivity index (χ4n) is 3.92. The number of carbonyl (C=O) groups excluding carboxylic acids is 4. The van der Waals surface area contributed by atoms with Crippen LogP contribution in [0.4, 0.5) is 0 Å². The highest BCUT2D eigenvalue weighted by atomic mass is 16.6. The fraction of sp³-hybridized carbons (Fsp3) is 0.385. The Balaban J connectivity index is 1.83. The second-order valence-electron chi connectivity index (χ2n) is 8.15. The van der Waals surface area contributed by atoms with Crippen molar-refractivity contribution in [2.45, 2.75) is 51.7 Å². The summed E-state index contributed by atoms with van der Waals surface area (Å²) in [6.07, 6.45) is -1.89. The van der Waals surface area contributed by atoms with Gasteiger partial charge >= 0.3 is 17.9 Å². The second-order valence-corrected chi connectivity index (χ2v) is 8.15. The minimum absolute atomic E-state index is 0.179. The van der Waals surface area contributed by atoms with Crippen LogP contribution in [0.15, 0.2) is 60.7 Å². The summed E-state index contributed by atoms with van der Waals surface area (Å²) in [5, 5.41) is 0. The van der Waals surface area contributed by atoms with Gasteiger partial charge in [-0.05, 0) is 18.1 Å². The summed E-state index contributed by atoms with van der Waals surface area (Å²) < 4.78 is 21.4. The highest BCUT2D eigenvalue weighted by Gasteiger charge is 2.56. The number of hydrogen-bond donors (Lipinski definition) is 0. The molecule has 0 unspecified atom stereocenters. The van der Waals surface area contributed by atoms with Crippen LogP contribution in [0.1, 0.15) is 37.9 Å². The first-order valence-corrected chi connectivity index (χ1v) is 11.3. The predicted octanol–water partition coefficient (Wildman–Crippen LogP) is 2.58. The van der Waals surface area contributed by atoms with E-state index in [9.17, 15) is 19.2 Å². The Morgan fingerprint density at radius 3 is 2.14 bits per heavy atom. The lowest BCUT2D eigenvalue weighted by Gasteiger charge is -2.51. The van der Waals surface area contributed by atoms with Crippen molar-refractivity contribution in [2.24, 2.45) is 0 Å². The number of likely N-dealkylation sites (tertiary alicyclic amines) is 1. The van der Waals surface area contributed by atoms with Crippen molar-refractivity contribution in [3.8, 4) is 0 Å². The molecule has 35 heavy (non-hydrogen) atoms. The number of amides is 1. The zero-order valence-electron chi connectivity index (χ0n) is 19.9. The highest BCUT2D eigenvalue weighted by molar-refractivity contribution is 5.91. The molecule has 186 valence electrons. The Morgan fingerprint density at radius 1 is 0.914 bits per heavy atom. The van der Waals surface area contributed by atoms with Crippen LogP contribution in [0.3, 0.4) is 0 Å². The number of ether oxygens (including phenoxy) is 4. The van der Waals surface area contributed by atoms with Crippen molar-refractivity contribution < 1.29 is 38.1 Å². The Labute approximate surface area is 203 Å². The molecule has 1 aliphatic rings. The first kappa shape index (κ1) is 25.9. The van der Waals surface area contributed by atoms with Crippen LogP contribution in [0, 0.1) is 0 Å². The van der Waals surface area contributed by atoms with E-state index in [0.29, 0.717) is 0 Å². The SMILES string of the molecule is CC(=O)OCC(=O)OC[C@H](OCc1ccccc1)[C@@H]1[C@H](OC(C)=O)C(=O)N1[C@@H](C)c1ccccc1. The van der Waals surface area contributed by atoms with Gasteiger partial charge in [0.2, 0.25) is 6.10 Å². The van der Waals surface area contributed by atoms with Gasteiger partial charge in [-0.1, -0.05) is 60.7 Å². The molecule has 0 spiro atoms. The van der Waals surface area contributed by atoms with Crippen molar-refractivity contribution >= 4 is 23.8 Å². The van der Waals surface area contributed by atoms with Gasteiger partial charge in [-0.2, -0.15) is 0 Å². The summed E-state index contributed by atoms with van der Waals surface area (Å²) in [6.45, 7) is 3.68. The molecule has 0 aliphatic carbocycles. The maximum Gasteiger partial charge on any atom is 0.344 e. The fourth-order valence-corrected chi connectivity index (χ4v) is 3.92. The number of rotatable bonds is 11. The van der Waals surface area contributed by atoms with E-state index in [1.54, 1.807) is 4.90 Å². The van der Waals surface area contributed by atoms with Crippen molar-refractivity contribution in [3.05, 3.63) is 71.8 Å². The third-order valence-corrected chi connectivity index (χ3v) is 5.61. The summed E-state index contributed by atoms with van der Waals surface area (Å²) in [7, 11) is 0. The van der Waals surface area contributed by atoms with E-state index in [-0.39, 0.29) is 25.2 Å². The van der Waals surface area contributed by atoms with Crippen LogP contribution in [0.25, 0.3) is 0 Å². The topological polar surface area (TPSA) is 108 Å². The number of benzene rings is 2. The number of hydrogen-bond acceptors (Lipinski definition) is 8. The van der Waals surface area contributed by atoms with E-state index in [0.717, 1.165) is 11.1 Å². The quantitative estimate of drug-likeness (QED) is 0.273. The molecular weight excluding hydrogens is 454 g/mol. The molecule has 1 heterocycles. The van der Waals surface area contributed by atoms with E-state index < -0.39 is 42.8 Å². The molecule has 0 bridgehead atoms. The van der Waals surface area contributed by atoms with Gasteiger partial charge in [-0.15, -0.1) is 0 Å². The van der Waals surface area contributed by atoms with Gasteiger partial charge in [0.05, 0.1) is 12.6 Å². The smallest absolute Gasteiger partial charge is 0.344 e. The summed E-state index contributed by atoms with van der Waals surface area (Å²) in [5.74, 6) is -2.33. The highest BCUT2D eigenvalue weighted by Crippen LogP contribution is 2.36. The molecule has 0 N–H and O–H groups in total. The first-order chi connectivity index (χ1) is 16.8. The minimum atomic E-state index is -1.08. The molecule has 0 radical (unpaired) electrons. The number of carbonyl (C=O) groups is 4. The van der Waals surface area contributed by atoms with E-state index >= 15 is 0 Å². The van der Waals surface area contributed by atoms with Gasteiger partial charge in [-0.3, -0.25) is 14.4 Å². The minimum Gasteiger partial charge on any atom is -0.460 e. The van der Waals surface area contributed by atoms with Crippen molar-refractivity contribution in [3.63, 3.8) is 0 Å². The third kappa shape index (κ3) is 6.89. The van der Waals surface area contributed by atoms with E-state index in [2.05, 4.69) is 4.74 Å². The number of β-lactam (4-membered cyclic amide) rings is 1. The van der Waals surface area contributed by atoms with Crippen molar-refractivity contribution in [2.75, 3.05) is 13.2 Å². The summed E-state index contributed by atoms with van der Waals surface area (Å²) in [6, 6.07) is 17.7. The molecule has 3 rings (SSSR count). The average Bonchev–Trinajstić information content (AvgIpc) is 2.85. The van der Waals surface area contributed by atoms with Gasteiger partial charge in [0.1, 0.15) is 18.8 Å². The van der Waals surface area contributed by atoms with Gasteiger partial charge in [-0.25, -0.2) is 4.79 Å². The Kier molecular flexibility index (Phi) is 8.97. The van der Waals surface area contributed by atoms with E-state index in [4.69, 9.17) is 14.2 Å². The normalized spacial score (nSPS) is 18.7. The molecule has 4 atom stereocenters. The third-order valence-electron chi connectivity index (χ3n) is 5.61. The van der Waals surface area contributed by atoms with Crippen LogP contribution < -0.4 is 0 Å². The zero-order chi connectivity index (χ0) is 25.4. The van der Waals surface area contributed by atoms with Crippen LogP contribution in [0.2, 0.25) is 0 Å². The molecule has 1 amide bonds. The average molecular weight is 484 g/mol. The van der Waals surface area contributed by atoms with E-state index in [1.807, 2.05) is 67.6 Å². The van der Waals surface area contributed by atoms with Crippen LogP contribution in [-0.2, 0) is 44.7 Å². The Hall–Kier alpha value is -3.72. The summed E-state index contributed by atoms with van der Waals surface area (Å²) >= 11 is 0. The van der Waals surface area contributed by atoms with Gasteiger partial charge in [0.15, 0.2) is 6.61 Å². The van der Waals surface area contributed by atoms with Crippen LogP contribution in [-0.4, -0.2) is 60.2 Å². The predicted molar refractivity (Wildman–Crippen MR) is 124 cm³/mol. The monoisotopic (exact) mass is 483 g/mol. The number of esters is 3. The molecule has 9 heteroatoms. The lowest BCUT2D eigenvalue weighted by atomic mass is 9.88. The van der Waals surface area contributed by atoms with Gasteiger partial charge in [0, 0.05) is 13.8 Å². The second kappa shape index (κ2) is 12.1. The first-order valence-electron chi connectivity index (χ1n) is 11.3.